The normalized spacial score (nSPS) is 11.8. The van der Waals surface area contributed by atoms with Crippen molar-refractivity contribution in [3.8, 4) is 5.75 Å². The van der Waals surface area contributed by atoms with E-state index in [1.54, 1.807) is 24.3 Å². The van der Waals surface area contributed by atoms with Crippen LogP contribution in [0.25, 0.3) is 0 Å². The number of nitrogens with one attached hydrogen (secondary N) is 1. The highest BCUT2D eigenvalue weighted by Crippen LogP contribution is 2.13. The lowest BCUT2D eigenvalue weighted by Crippen LogP contribution is -2.43. The second kappa shape index (κ2) is 10.7. The minimum Gasteiger partial charge on any atom is -0.490 e. The Morgan fingerprint density at radius 3 is 2.29 bits per heavy atom. The molecule has 0 heterocycles. The Morgan fingerprint density at radius 1 is 1.04 bits per heavy atom. The summed E-state index contributed by atoms with van der Waals surface area (Å²) in [6, 6.07) is 11.2. The number of halogens is 2. The van der Waals surface area contributed by atoms with E-state index in [1.807, 2.05) is 13.8 Å². The average Bonchev–Trinajstić information content (AvgIpc) is 2.66. The van der Waals surface area contributed by atoms with Gasteiger partial charge in [-0.15, -0.1) is 0 Å². The molecule has 28 heavy (non-hydrogen) atoms. The SMILES string of the molecule is CC(C)C[C@H](NC(=O)c1ccc(Cl)cc1)C(=O)OCCOc1ccc(F)cc1. The van der Waals surface area contributed by atoms with E-state index in [2.05, 4.69) is 5.32 Å². The van der Waals surface area contributed by atoms with Crippen molar-refractivity contribution in [1.82, 2.24) is 5.32 Å². The third-order valence-electron chi connectivity index (χ3n) is 3.81. The maximum absolute atomic E-state index is 12.9. The first-order valence-corrected chi connectivity index (χ1v) is 9.34. The zero-order chi connectivity index (χ0) is 20.5. The summed E-state index contributed by atoms with van der Waals surface area (Å²) in [7, 11) is 0. The number of carbonyl (C=O) groups is 2. The summed E-state index contributed by atoms with van der Waals surface area (Å²) in [5.41, 5.74) is 0.408. The van der Waals surface area contributed by atoms with Crippen molar-refractivity contribution in [2.45, 2.75) is 26.3 Å². The molecule has 7 heteroatoms. The molecule has 0 aliphatic rings. The lowest BCUT2D eigenvalue weighted by molar-refractivity contribution is -0.147. The molecule has 0 unspecified atom stereocenters. The minimum atomic E-state index is -0.769. The highest BCUT2D eigenvalue weighted by Gasteiger charge is 2.24. The van der Waals surface area contributed by atoms with Crippen LogP contribution < -0.4 is 10.1 Å². The van der Waals surface area contributed by atoms with E-state index >= 15 is 0 Å². The smallest absolute Gasteiger partial charge is 0.328 e. The van der Waals surface area contributed by atoms with Gasteiger partial charge in [0.15, 0.2) is 0 Å². The second-order valence-corrected chi connectivity index (χ2v) is 7.07. The number of amides is 1. The summed E-state index contributed by atoms with van der Waals surface area (Å²) < 4.78 is 23.5. The average molecular weight is 408 g/mol. The van der Waals surface area contributed by atoms with Gasteiger partial charge in [0, 0.05) is 10.6 Å². The van der Waals surface area contributed by atoms with Gasteiger partial charge in [-0.05, 0) is 60.9 Å². The summed E-state index contributed by atoms with van der Waals surface area (Å²) in [5, 5.41) is 3.23. The van der Waals surface area contributed by atoms with E-state index in [-0.39, 0.29) is 30.9 Å². The molecule has 1 atom stereocenters. The van der Waals surface area contributed by atoms with Crippen LogP contribution in [-0.2, 0) is 9.53 Å². The van der Waals surface area contributed by atoms with Crippen molar-refractivity contribution in [1.29, 1.82) is 0 Å². The number of hydrogen-bond acceptors (Lipinski definition) is 4. The molecular weight excluding hydrogens is 385 g/mol. The summed E-state index contributed by atoms with van der Waals surface area (Å²) in [6.07, 6.45) is 0.441. The Morgan fingerprint density at radius 2 is 1.68 bits per heavy atom. The predicted molar refractivity (Wildman–Crippen MR) is 105 cm³/mol. The van der Waals surface area contributed by atoms with Gasteiger partial charge in [-0.3, -0.25) is 4.79 Å². The third-order valence-corrected chi connectivity index (χ3v) is 4.07. The van der Waals surface area contributed by atoms with Crippen LogP contribution in [0.4, 0.5) is 4.39 Å². The van der Waals surface area contributed by atoms with Gasteiger partial charge in [0.05, 0.1) is 0 Å². The number of carbonyl (C=O) groups excluding carboxylic acids is 2. The lowest BCUT2D eigenvalue weighted by Gasteiger charge is -2.19. The fraction of sp³-hybridized carbons (Fsp3) is 0.333. The number of rotatable bonds is 9. The highest BCUT2D eigenvalue weighted by atomic mass is 35.5. The van der Waals surface area contributed by atoms with Gasteiger partial charge in [0.2, 0.25) is 0 Å². The van der Waals surface area contributed by atoms with Crippen LogP contribution in [-0.4, -0.2) is 31.1 Å². The van der Waals surface area contributed by atoms with Gasteiger partial charge in [0.1, 0.15) is 30.8 Å². The van der Waals surface area contributed by atoms with E-state index in [9.17, 15) is 14.0 Å². The molecule has 0 aliphatic heterocycles. The second-order valence-electron chi connectivity index (χ2n) is 6.63. The number of hydrogen-bond donors (Lipinski definition) is 1. The molecule has 1 N–H and O–H groups in total. The molecule has 0 bridgehead atoms. The Hall–Kier alpha value is -2.60. The Balaban J connectivity index is 1.86. The molecule has 0 saturated heterocycles. The van der Waals surface area contributed by atoms with Gasteiger partial charge in [-0.2, -0.15) is 0 Å². The van der Waals surface area contributed by atoms with Crippen LogP contribution in [0.3, 0.4) is 0 Å². The number of esters is 1. The van der Waals surface area contributed by atoms with E-state index < -0.39 is 12.0 Å². The minimum absolute atomic E-state index is 0.0155. The van der Waals surface area contributed by atoms with Crippen molar-refractivity contribution in [2.75, 3.05) is 13.2 Å². The third kappa shape index (κ3) is 7.19. The summed E-state index contributed by atoms with van der Waals surface area (Å²) in [6.45, 7) is 4.04. The first-order chi connectivity index (χ1) is 13.3. The zero-order valence-corrected chi connectivity index (χ0v) is 16.5. The molecular formula is C21H23ClFNO4. The zero-order valence-electron chi connectivity index (χ0n) is 15.8. The maximum atomic E-state index is 12.9. The molecule has 0 fully saturated rings. The molecule has 0 radical (unpaired) electrons. The number of ether oxygens (including phenoxy) is 2. The van der Waals surface area contributed by atoms with Gasteiger partial charge >= 0.3 is 5.97 Å². The number of benzene rings is 2. The molecule has 0 spiro atoms. The van der Waals surface area contributed by atoms with Crippen LogP contribution in [0, 0.1) is 11.7 Å². The summed E-state index contributed by atoms with van der Waals surface area (Å²) in [4.78, 5) is 24.8. The van der Waals surface area contributed by atoms with Crippen LogP contribution in [0.5, 0.6) is 5.75 Å². The molecule has 2 aromatic rings. The van der Waals surface area contributed by atoms with Crippen LogP contribution in [0.2, 0.25) is 5.02 Å². The Kier molecular flexibility index (Phi) is 8.26. The standard InChI is InChI=1S/C21H23ClFNO4/c1-14(2)13-19(24-20(25)15-3-5-16(22)6-4-15)21(26)28-12-11-27-18-9-7-17(23)8-10-18/h3-10,14,19H,11-13H2,1-2H3,(H,24,25)/t19-/m0/s1. The van der Waals surface area contributed by atoms with Gasteiger partial charge < -0.3 is 14.8 Å². The van der Waals surface area contributed by atoms with Crippen molar-refractivity contribution in [3.05, 3.63) is 64.9 Å². The quantitative estimate of drug-likeness (QED) is 0.498. The lowest BCUT2D eigenvalue weighted by atomic mass is 10.0. The first kappa shape index (κ1) is 21.7. The molecule has 1 amide bonds. The van der Waals surface area contributed by atoms with E-state index in [0.29, 0.717) is 22.8 Å². The van der Waals surface area contributed by atoms with Gasteiger partial charge in [-0.25, -0.2) is 9.18 Å². The highest BCUT2D eigenvalue weighted by molar-refractivity contribution is 6.30. The summed E-state index contributed by atoms with van der Waals surface area (Å²) in [5.74, 6) is -0.599. The van der Waals surface area contributed by atoms with Crippen molar-refractivity contribution in [2.24, 2.45) is 5.92 Å². The summed E-state index contributed by atoms with van der Waals surface area (Å²) >= 11 is 5.83. The van der Waals surface area contributed by atoms with Crippen LogP contribution in [0.15, 0.2) is 48.5 Å². The molecule has 2 aromatic carbocycles. The molecule has 0 aliphatic carbocycles. The fourth-order valence-corrected chi connectivity index (χ4v) is 2.59. The van der Waals surface area contributed by atoms with Crippen LogP contribution in [0.1, 0.15) is 30.6 Å². The predicted octanol–water partition coefficient (Wildman–Crippen LogP) is 4.25. The maximum Gasteiger partial charge on any atom is 0.328 e. The largest absolute Gasteiger partial charge is 0.490 e. The van der Waals surface area contributed by atoms with Crippen molar-refractivity contribution in [3.63, 3.8) is 0 Å². The van der Waals surface area contributed by atoms with Crippen molar-refractivity contribution >= 4 is 23.5 Å². The molecule has 5 nitrogen and oxygen atoms in total. The van der Waals surface area contributed by atoms with E-state index in [1.165, 1.54) is 24.3 Å². The van der Waals surface area contributed by atoms with Crippen molar-refractivity contribution < 1.29 is 23.5 Å². The molecule has 2 rings (SSSR count). The Labute approximate surface area is 168 Å². The fourth-order valence-electron chi connectivity index (χ4n) is 2.46. The van der Waals surface area contributed by atoms with E-state index in [0.717, 1.165) is 0 Å². The van der Waals surface area contributed by atoms with E-state index in [4.69, 9.17) is 21.1 Å². The Bertz CT molecular complexity index is 778. The molecule has 0 aromatic heterocycles. The first-order valence-electron chi connectivity index (χ1n) is 8.96. The molecule has 0 saturated carbocycles. The molecule has 150 valence electrons. The monoisotopic (exact) mass is 407 g/mol. The van der Waals surface area contributed by atoms with Gasteiger partial charge in [-0.1, -0.05) is 25.4 Å². The topological polar surface area (TPSA) is 64.6 Å². The van der Waals surface area contributed by atoms with Crippen LogP contribution >= 0.6 is 11.6 Å². The van der Waals surface area contributed by atoms with Gasteiger partial charge in [0.25, 0.3) is 5.91 Å².